The van der Waals surface area contributed by atoms with Crippen molar-refractivity contribution in [1.82, 2.24) is 9.55 Å². The van der Waals surface area contributed by atoms with E-state index < -0.39 is 0 Å². The Bertz CT molecular complexity index is 750. The third-order valence-electron chi connectivity index (χ3n) is 3.24. The Morgan fingerprint density at radius 3 is 2.65 bits per heavy atom. The molecule has 1 aromatic heterocycles. The number of hydrogen-bond donors (Lipinski definition) is 1. The summed E-state index contributed by atoms with van der Waals surface area (Å²) in [6.45, 7) is 0.537. The van der Waals surface area contributed by atoms with Gasteiger partial charge < -0.3 is 15.0 Å². The van der Waals surface area contributed by atoms with E-state index in [1.165, 1.54) is 12.1 Å². The number of anilines is 1. The predicted octanol–water partition coefficient (Wildman–Crippen LogP) is 2.81. The highest BCUT2D eigenvalue weighted by Crippen LogP contribution is 2.21. The molecule has 0 bridgehead atoms. The molecule has 3 aromatic rings. The van der Waals surface area contributed by atoms with Crippen LogP contribution in [-0.2, 0) is 6.54 Å². The van der Waals surface area contributed by atoms with E-state index in [-0.39, 0.29) is 5.82 Å². The van der Waals surface area contributed by atoms with Gasteiger partial charge >= 0.3 is 0 Å². The number of methoxy groups -OCH3 is 1. The van der Waals surface area contributed by atoms with Gasteiger partial charge in [-0.25, -0.2) is 9.37 Å². The van der Waals surface area contributed by atoms with Gasteiger partial charge in [-0.05, 0) is 35.9 Å². The minimum absolute atomic E-state index is 0.298. The molecular weight excluding hydrogens is 257 g/mol. The number of aromatic nitrogens is 2. The Morgan fingerprint density at radius 2 is 1.95 bits per heavy atom. The second-order valence-corrected chi connectivity index (χ2v) is 4.54. The zero-order valence-electron chi connectivity index (χ0n) is 11.0. The van der Waals surface area contributed by atoms with Crippen LogP contribution in [0.3, 0.4) is 0 Å². The van der Waals surface area contributed by atoms with Crippen molar-refractivity contribution in [2.24, 2.45) is 0 Å². The highest BCUT2D eigenvalue weighted by Gasteiger charge is 2.09. The van der Waals surface area contributed by atoms with E-state index in [0.29, 0.717) is 23.5 Å². The van der Waals surface area contributed by atoms with Crippen LogP contribution in [0.25, 0.3) is 11.0 Å². The van der Waals surface area contributed by atoms with Crippen molar-refractivity contribution in [3.8, 4) is 5.75 Å². The third kappa shape index (κ3) is 2.18. The summed E-state index contributed by atoms with van der Waals surface area (Å²) in [6, 6.07) is 12.1. The molecule has 3 rings (SSSR count). The summed E-state index contributed by atoms with van der Waals surface area (Å²) in [4.78, 5) is 4.23. The molecule has 1 heterocycles. The maximum Gasteiger partial charge on any atom is 0.201 e. The lowest BCUT2D eigenvalue weighted by Crippen LogP contribution is -2.04. The lowest BCUT2D eigenvalue weighted by Gasteiger charge is -2.07. The van der Waals surface area contributed by atoms with Gasteiger partial charge in [-0.2, -0.15) is 0 Å². The van der Waals surface area contributed by atoms with E-state index in [4.69, 9.17) is 10.5 Å². The minimum atomic E-state index is -0.298. The monoisotopic (exact) mass is 271 g/mol. The number of imidazole rings is 1. The normalized spacial score (nSPS) is 10.9. The number of nitrogen functional groups attached to an aromatic ring is 1. The van der Waals surface area contributed by atoms with Gasteiger partial charge in [0.15, 0.2) is 0 Å². The van der Waals surface area contributed by atoms with Crippen LogP contribution < -0.4 is 10.5 Å². The van der Waals surface area contributed by atoms with Crippen molar-refractivity contribution in [2.45, 2.75) is 6.54 Å². The number of fused-ring (bicyclic) bond motifs is 1. The summed E-state index contributed by atoms with van der Waals surface area (Å²) >= 11 is 0. The topological polar surface area (TPSA) is 53.1 Å². The van der Waals surface area contributed by atoms with Gasteiger partial charge in [0.05, 0.1) is 24.7 Å². The lowest BCUT2D eigenvalue weighted by molar-refractivity contribution is 0.414. The third-order valence-corrected chi connectivity index (χ3v) is 3.24. The zero-order valence-corrected chi connectivity index (χ0v) is 11.0. The minimum Gasteiger partial charge on any atom is -0.497 e. The number of halogens is 1. The van der Waals surface area contributed by atoms with E-state index in [1.807, 2.05) is 24.3 Å². The van der Waals surface area contributed by atoms with Gasteiger partial charge in [0.25, 0.3) is 0 Å². The Kier molecular flexibility index (Phi) is 3.02. The fourth-order valence-electron chi connectivity index (χ4n) is 2.19. The largest absolute Gasteiger partial charge is 0.497 e. The highest BCUT2D eigenvalue weighted by atomic mass is 19.1. The van der Waals surface area contributed by atoms with Crippen molar-refractivity contribution in [1.29, 1.82) is 0 Å². The maximum absolute atomic E-state index is 13.4. The van der Waals surface area contributed by atoms with Crippen molar-refractivity contribution in [3.05, 3.63) is 53.8 Å². The van der Waals surface area contributed by atoms with Crippen LogP contribution in [0.1, 0.15) is 5.56 Å². The van der Waals surface area contributed by atoms with Crippen LogP contribution in [0.5, 0.6) is 5.75 Å². The molecule has 0 amide bonds. The fraction of sp³-hybridized carbons (Fsp3) is 0.133. The van der Waals surface area contributed by atoms with E-state index in [9.17, 15) is 4.39 Å². The molecule has 4 nitrogen and oxygen atoms in total. The SMILES string of the molecule is COc1ccc(Cn2c(N)nc3ccc(F)cc32)cc1. The Morgan fingerprint density at radius 1 is 1.20 bits per heavy atom. The molecule has 20 heavy (non-hydrogen) atoms. The van der Waals surface area contributed by atoms with E-state index in [1.54, 1.807) is 17.7 Å². The molecule has 0 saturated carbocycles. The molecule has 0 aliphatic carbocycles. The van der Waals surface area contributed by atoms with E-state index in [2.05, 4.69) is 4.98 Å². The molecule has 0 radical (unpaired) electrons. The number of benzene rings is 2. The van der Waals surface area contributed by atoms with Crippen LogP contribution in [0.15, 0.2) is 42.5 Å². The average Bonchev–Trinajstić information content (AvgIpc) is 2.76. The summed E-state index contributed by atoms with van der Waals surface area (Å²) in [7, 11) is 1.62. The summed E-state index contributed by atoms with van der Waals surface area (Å²) < 4.78 is 20.3. The molecule has 0 spiro atoms. The summed E-state index contributed by atoms with van der Waals surface area (Å²) in [5.74, 6) is 0.873. The molecule has 0 aliphatic heterocycles. The first-order valence-corrected chi connectivity index (χ1v) is 6.21. The molecule has 0 saturated heterocycles. The molecule has 0 unspecified atom stereocenters. The maximum atomic E-state index is 13.4. The molecule has 2 aromatic carbocycles. The van der Waals surface area contributed by atoms with Gasteiger partial charge in [0.2, 0.25) is 5.95 Å². The van der Waals surface area contributed by atoms with Crippen LogP contribution >= 0.6 is 0 Å². The number of ether oxygens (including phenoxy) is 1. The van der Waals surface area contributed by atoms with Crippen molar-refractivity contribution in [2.75, 3.05) is 12.8 Å². The number of nitrogens with two attached hydrogens (primary N) is 1. The molecule has 0 atom stereocenters. The zero-order chi connectivity index (χ0) is 14.1. The van der Waals surface area contributed by atoms with Crippen LogP contribution in [-0.4, -0.2) is 16.7 Å². The van der Waals surface area contributed by atoms with E-state index >= 15 is 0 Å². The molecule has 2 N–H and O–H groups in total. The van der Waals surface area contributed by atoms with Crippen molar-refractivity contribution < 1.29 is 9.13 Å². The van der Waals surface area contributed by atoms with Gasteiger partial charge in [-0.15, -0.1) is 0 Å². The van der Waals surface area contributed by atoms with Crippen LogP contribution in [0.2, 0.25) is 0 Å². The Labute approximate surface area is 115 Å². The number of hydrogen-bond acceptors (Lipinski definition) is 3. The lowest BCUT2D eigenvalue weighted by atomic mass is 10.2. The molecule has 5 heteroatoms. The average molecular weight is 271 g/mol. The second-order valence-electron chi connectivity index (χ2n) is 4.54. The molecule has 0 fully saturated rings. The first-order valence-electron chi connectivity index (χ1n) is 6.21. The number of rotatable bonds is 3. The standard InChI is InChI=1S/C15H14FN3O/c1-20-12-5-2-10(3-6-12)9-19-14-8-11(16)4-7-13(14)18-15(19)17/h2-8H,9H2,1H3,(H2,17,18). The van der Waals surface area contributed by atoms with Gasteiger partial charge in [0, 0.05) is 0 Å². The van der Waals surface area contributed by atoms with Gasteiger partial charge in [-0.1, -0.05) is 12.1 Å². The first-order chi connectivity index (χ1) is 9.67. The van der Waals surface area contributed by atoms with Crippen molar-refractivity contribution in [3.63, 3.8) is 0 Å². The fourth-order valence-corrected chi connectivity index (χ4v) is 2.19. The summed E-state index contributed by atoms with van der Waals surface area (Å²) in [5, 5.41) is 0. The Hall–Kier alpha value is -2.56. The molecule has 102 valence electrons. The molecule has 0 aliphatic rings. The van der Waals surface area contributed by atoms with Crippen LogP contribution in [0.4, 0.5) is 10.3 Å². The number of nitrogens with zero attached hydrogens (tertiary/aromatic N) is 2. The predicted molar refractivity (Wildman–Crippen MR) is 76.2 cm³/mol. The second kappa shape index (κ2) is 4.85. The highest BCUT2D eigenvalue weighted by molar-refractivity contribution is 5.78. The van der Waals surface area contributed by atoms with Crippen LogP contribution in [0, 0.1) is 5.82 Å². The van der Waals surface area contributed by atoms with Gasteiger partial charge in [-0.3, -0.25) is 0 Å². The Balaban J connectivity index is 2.00. The smallest absolute Gasteiger partial charge is 0.201 e. The first kappa shape index (κ1) is 12.5. The summed E-state index contributed by atoms with van der Waals surface area (Å²) in [5.41, 5.74) is 8.34. The van der Waals surface area contributed by atoms with Crippen molar-refractivity contribution >= 4 is 17.0 Å². The summed E-state index contributed by atoms with van der Waals surface area (Å²) in [6.07, 6.45) is 0. The quantitative estimate of drug-likeness (QED) is 0.797. The molecular formula is C15H14FN3O. The van der Waals surface area contributed by atoms with E-state index in [0.717, 1.165) is 11.3 Å². The van der Waals surface area contributed by atoms with Gasteiger partial charge in [0.1, 0.15) is 11.6 Å².